The maximum absolute atomic E-state index is 6.11. The molecule has 1 heterocycles. The van der Waals surface area contributed by atoms with Crippen LogP contribution in [-0.4, -0.2) is 0 Å². The summed E-state index contributed by atoms with van der Waals surface area (Å²) < 4.78 is 6.11. The van der Waals surface area contributed by atoms with Crippen molar-refractivity contribution >= 4 is 17.0 Å². The molecule has 3 aromatic carbocycles. The molecule has 24 heavy (non-hydrogen) atoms. The lowest BCUT2D eigenvalue weighted by atomic mass is 10.1. The van der Waals surface area contributed by atoms with E-state index in [4.69, 9.17) is 4.42 Å². The minimum Gasteiger partial charge on any atom is -0.429 e. The van der Waals surface area contributed by atoms with Crippen molar-refractivity contribution in [1.29, 1.82) is 0 Å². The van der Waals surface area contributed by atoms with Crippen LogP contribution in [0.2, 0.25) is 0 Å². The van der Waals surface area contributed by atoms with Crippen molar-refractivity contribution in [2.24, 2.45) is 4.99 Å². The lowest BCUT2D eigenvalue weighted by Gasteiger charge is -2.01. The van der Waals surface area contributed by atoms with Gasteiger partial charge in [0, 0.05) is 5.56 Å². The molecule has 0 aliphatic carbocycles. The van der Waals surface area contributed by atoms with Crippen LogP contribution in [0, 0.1) is 0 Å². The molecule has 0 atom stereocenters. The monoisotopic (exact) mass is 329 g/mol. The van der Waals surface area contributed by atoms with Crippen LogP contribution >= 0.6 is 11.3 Å². The molecule has 0 fully saturated rings. The highest BCUT2D eigenvalue weighted by Crippen LogP contribution is 2.34. The molecule has 0 amide bonds. The third-order valence-corrected chi connectivity index (χ3v) is 4.61. The minimum absolute atomic E-state index is 0.652. The molecule has 3 heteroatoms. The molecule has 1 aromatic heterocycles. The van der Waals surface area contributed by atoms with Crippen LogP contribution in [-0.2, 0) is 0 Å². The first-order valence-corrected chi connectivity index (χ1v) is 8.56. The van der Waals surface area contributed by atoms with E-state index in [1.54, 1.807) is 11.3 Å². The molecule has 0 aliphatic rings. The average Bonchev–Trinajstić information content (AvgIpc) is 3.08. The van der Waals surface area contributed by atoms with E-state index >= 15 is 0 Å². The van der Waals surface area contributed by atoms with E-state index in [9.17, 15) is 0 Å². The molecule has 4 aromatic rings. The van der Waals surface area contributed by atoms with Crippen LogP contribution in [0.1, 0.15) is 0 Å². The fourth-order valence-corrected chi connectivity index (χ4v) is 3.46. The summed E-state index contributed by atoms with van der Waals surface area (Å²) in [5.74, 6) is 0.862. The summed E-state index contributed by atoms with van der Waals surface area (Å²) in [6.45, 7) is 0. The van der Waals surface area contributed by atoms with Gasteiger partial charge in [0.1, 0.15) is 0 Å². The van der Waals surface area contributed by atoms with Gasteiger partial charge in [0.05, 0.1) is 10.6 Å². The number of para-hydroxylation sites is 1. The van der Waals surface area contributed by atoms with Crippen LogP contribution < -0.4 is 4.87 Å². The van der Waals surface area contributed by atoms with Gasteiger partial charge in [-0.2, -0.15) is 0 Å². The Labute approximate surface area is 144 Å². The Kier molecular flexibility index (Phi) is 4.09. The van der Waals surface area contributed by atoms with Crippen LogP contribution in [0.3, 0.4) is 0 Å². The second-order valence-electron chi connectivity index (χ2n) is 5.31. The molecule has 4 rings (SSSR count). The maximum atomic E-state index is 6.11. The minimum atomic E-state index is 0.652. The highest BCUT2D eigenvalue weighted by atomic mass is 32.1. The van der Waals surface area contributed by atoms with E-state index in [-0.39, 0.29) is 0 Å². The zero-order valence-corrected chi connectivity index (χ0v) is 13.7. The number of rotatable bonds is 3. The van der Waals surface area contributed by atoms with Crippen LogP contribution in [0.15, 0.2) is 100 Å². The Hall–Kier alpha value is -2.91. The van der Waals surface area contributed by atoms with Gasteiger partial charge in [-0.3, -0.25) is 0 Å². The average molecular weight is 329 g/mol. The van der Waals surface area contributed by atoms with E-state index in [0.717, 1.165) is 27.5 Å². The third kappa shape index (κ3) is 3.07. The second-order valence-corrected chi connectivity index (χ2v) is 6.27. The molecular formula is C21H15NOS. The smallest absolute Gasteiger partial charge is 0.279 e. The summed E-state index contributed by atoms with van der Waals surface area (Å²) in [6.07, 6.45) is 0. The zero-order chi connectivity index (χ0) is 16.2. The lowest BCUT2D eigenvalue weighted by Crippen LogP contribution is -1.88. The van der Waals surface area contributed by atoms with Crippen LogP contribution in [0.4, 0.5) is 5.69 Å². The van der Waals surface area contributed by atoms with E-state index < -0.39 is 0 Å². The molecule has 2 nitrogen and oxygen atoms in total. The van der Waals surface area contributed by atoms with Crippen molar-refractivity contribution in [3.05, 3.63) is 95.9 Å². The van der Waals surface area contributed by atoms with Crippen LogP contribution in [0.5, 0.6) is 0 Å². The first-order valence-electron chi connectivity index (χ1n) is 7.75. The molecule has 0 aliphatic heterocycles. The molecule has 0 radical (unpaired) electrons. The van der Waals surface area contributed by atoms with Crippen molar-refractivity contribution in [2.45, 2.75) is 0 Å². The second kappa shape index (κ2) is 6.69. The number of hydrogen-bond acceptors (Lipinski definition) is 3. The van der Waals surface area contributed by atoms with Crippen molar-refractivity contribution in [3.63, 3.8) is 0 Å². The maximum Gasteiger partial charge on any atom is 0.279 e. The summed E-state index contributed by atoms with van der Waals surface area (Å²) in [5.41, 5.74) is 3.09. The Bertz CT molecular complexity index is 926. The topological polar surface area (TPSA) is 25.5 Å². The summed E-state index contributed by atoms with van der Waals surface area (Å²) in [6, 6.07) is 30.3. The van der Waals surface area contributed by atoms with Gasteiger partial charge in [-0.05, 0) is 17.7 Å². The van der Waals surface area contributed by atoms with Gasteiger partial charge in [-0.25, -0.2) is 4.99 Å². The van der Waals surface area contributed by atoms with Crippen molar-refractivity contribution in [3.8, 4) is 21.8 Å². The number of nitrogens with zero attached hydrogens (tertiary/aromatic N) is 1. The number of benzene rings is 3. The van der Waals surface area contributed by atoms with Gasteiger partial charge in [0.2, 0.25) is 0 Å². The summed E-state index contributed by atoms with van der Waals surface area (Å²) >= 11 is 1.57. The molecule has 0 unspecified atom stereocenters. The normalized spacial score (nSPS) is 11.6. The van der Waals surface area contributed by atoms with Gasteiger partial charge in [-0.1, -0.05) is 90.2 Å². The SMILES string of the molecule is c1ccc(N=c2oc(-c3ccccc3)c(-c3ccccc3)s2)cc1. The van der Waals surface area contributed by atoms with Gasteiger partial charge >= 0.3 is 0 Å². The molecule has 0 bridgehead atoms. The van der Waals surface area contributed by atoms with Gasteiger partial charge in [0.15, 0.2) is 5.76 Å². The third-order valence-electron chi connectivity index (χ3n) is 3.63. The molecule has 0 N–H and O–H groups in total. The molecule has 116 valence electrons. The molecular weight excluding hydrogens is 314 g/mol. The highest BCUT2D eigenvalue weighted by Gasteiger charge is 2.13. The fourth-order valence-electron chi connectivity index (χ4n) is 2.50. The lowest BCUT2D eigenvalue weighted by molar-refractivity contribution is 0.539. The van der Waals surface area contributed by atoms with E-state index in [2.05, 4.69) is 29.3 Å². The summed E-state index contributed by atoms with van der Waals surface area (Å²) in [5, 5.41) is 0. The Morgan fingerprint density at radius 1 is 0.625 bits per heavy atom. The largest absolute Gasteiger partial charge is 0.429 e. The van der Waals surface area contributed by atoms with Gasteiger partial charge < -0.3 is 4.42 Å². The molecule has 0 saturated carbocycles. The van der Waals surface area contributed by atoms with Crippen LogP contribution in [0.25, 0.3) is 21.8 Å². The van der Waals surface area contributed by atoms with E-state index in [0.29, 0.717) is 4.87 Å². The fraction of sp³-hybridized carbons (Fsp3) is 0. The van der Waals surface area contributed by atoms with Gasteiger partial charge in [0.25, 0.3) is 4.87 Å². The standard InChI is InChI=1S/C21H15NOS/c1-4-10-16(11-5-1)19-20(17-12-6-2-7-13-17)24-21(23-19)22-18-14-8-3-9-15-18/h1-15H. The van der Waals surface area contributed by atoms with E-state index in [1.165, 1.54) is 0 Å². The quantitative estimate of drug-likeness (QED) is 0.459. The Morgan fingerprint density at radius 2 is 1.17 bits per heavy atom. The Balaban J connectivity index is 1.90. The first kappa shape index (κ1) is 14.7. The van der Waals surface area contributed by atoms with E-state index in [1.807, 2.05) is 66.7 Å². The zero-order valence-electron chi connectivity index (χ0n) is 12.9. The Morgan fingerprint density at radius 3 is 1.79 bits per heavy atom. The van der Waals surface area contributed by atoms with Crippen molar-refractivity contribution < 1.29 is 4.42 Å². The predicted molar refractivity (Wildman–Crippen MR) is 99.1 cm³/mol. The van der Waals surface area contributed by atoms with Crippen molar-refractivity contribution in [2.75, 3.05) is 0 Å². The first-order chi connectivity index (χ1) is 11.9. The summed E-state index contributed by atoms with van der Waals surface area (Å²) in [7, 11) is 0. The highest BCUT2D eigenvalue weighted by molar-refractivity contribution is 7.13. The van der Waals surface area contributed by atoms with Crippen molar-refractivity contribution in [1.82, 2.24) is 0 Å². The summed E-state index contributed by atoms with van der Waals surface area (Å²) in [4.78, 5) is 6.37. The molecule has 0 saturated heterocycles. The number of hydrogen-bond donors (Lipinski definition) is 0. The predicted octanol–water partition coefficient (Wildman–Crippen LogP) is 5.91. The molecule has 0 spiro atoms. The van der Waals surface area contributed by atoms with Gasteiger partial charge in [-0.15, -0.1) is 0 Å².